The fourth-order valence-electron chi connectivity index (χ4n) is 16.2. The Morgan fingerprint density at radius 2 is 1.24 bits per heavy atom. The van der Waals surface area contributed by atoms with Crippen LogP contribution in [0.2, 0.25) is 10.0 Å². The molecular formula is C86H98Cl2N10O26. The van der Waals surface area contributed by atoms with Crippen molar-refractivity contribution >= 4 is 70.5 Å². The highest BCUT2D eigenvalue weighted by atomic mass is 35.5. The van der Waals surface area contributed by atoms with Crippen molar-refractivity contribution < 1.29 is 127 Å². The van der Waals surface area contributed by atoms with Gasteiger partial charge in [0.1, 0.15) is 89.5 Å². The van der Waals surface area contributed by atoms with Crippen LogP contribution in [0.15, 0.2) is 127 Å². The number of likely N-dealkylation sites (N-methyl/N-ethyl adjacent to an activating group) is 1. The van der Waals surface area contributed by atoms with Crippen LogP contribution in [0.1, 0.15) is 137 Å². The summed E-state index contributed by atoms with van der Waals surface area (Å²) in [5.41, 5.74) is 14.7. The van der Waals surface area contributed by atoms with Crippen LogP contribution in [0.5, 0.6) is 46.0 Å². The van der Waals surface area contributed by atoms with Gasteiger partial charge in [0.05, 0.1) is 48.5 Å². The number of nitrogens with one attached hydrogen (secondary N) is 7. The third-order valence-electron chi connectivity index (χ3n) is 22.9. The molecule has 0 aliphatic carbocycles. The number of halogens is 2. The van der Waals surface area contributed by atoms with Gasteiger partial charge in [-0.1, -0.05) is 104 Å². The first kappa shape index (κ1) is 90.8. The highest BCUT2D eigenvalue weighted by Crippen LogP contribution is 2.52. The van der Waals surface area contributed by atoms with Crippen molar-refractivity contribution in [2.24, 2.45) is 23.1 Å². The minimum Gasteiger partial charge on any atom is -0.508 e. The highest BCUT2D eigenvalue weighted by molar-refractivity contribution is 6.32. The molecule has 8 aliphatic rings. The van der Waals surface area contributed by atoms with Gasteiger partial charge in [-0.2, -0.15) is 0 Å². The first-order chi connectivity index (χ1) is 58.7. The first-order valence-electron chi connectivity index (χ1n) is 39.9. The molecule has 22 atom stereocenters. The van der Waals surface area contributed by atoms with Crippen LogP contribution in [-0.4, -0.2) is 215 Å². The number of carboxylic acid groups (broad SMARTS) is 1. The Labute approximate surface area is 719 Å². The van der Waals surface area contributed by atoms with Gasteiger partial charge in [0.2, 0.25) is 53.4 Å². The summed E-state index contributed by atoms with van der Waals surface area (Å²) in [7, 11) is 1.48. The second kappa shape index (κ2) is 37.1. The second-order valence-corrected chi connectivity index (χ2v) is 33.6. The van der Waals surface area contributed by atoms with Gasteiger partial charge < -0.3 is 143 Å². The predicted octanol–water partition coefficient (Wildman–Crippen LogP) is 3.60. The molecule has 0 aromatic heterocycles. The minimum absolute atomic E-state index is 0.0607. The van der Waals surface area contributed by atoms with E-state index < -0.39 is 256 Å². The number of phenolic OH excluding ortho intramolecular Hbond substituents is 3. The zero-order valence-corrected chi connectivity index (χ0v) is 69.5. The number of aromatic hydroxyl groups is 3. The molecule has 0 saturated carbocycles. The SMILES string of the molecule is CNC(CC(C)C)C(=O)NC1C(=O)NC(CC(N)=O)C(=O)NC2C(=O)NC3C(=O)NC(C(=O)NC(C(=O)O)c4cc(O)c(Cc5ccc(-c6ccc(Cl)cc6)cc5)c(O)c4-c4c(O)cccc43)C(OC3CC(C)(N)C(O)C(C)O3)c3ccc(cc3)Oc3cc2cc(c3OC2OC(CO)C(O)C(O)C2OC2CC(C)(N)C(O)C(C)O2)Oc2ccc(cc2Cl)C1O. The summed E-state index contributed by atoms with van der Waals surface area (Å²) in [4.78, 5) is 123. The van der Waals surface area contributed by atoms with E-state index in [1.54, 1.807) is 48.5 Å². The molecule has 3 fully saturated rings. The van der Waals surface area contributed by atoms with E-state index >= 15 is 24.0 Å². The summed E-state index contributed by atoms with van der Waals surface area (Å²) in [6.45, 7) is 8.64. The standard InChI is InChI=1S/C86H98Cl2N10O26/c1-35(2)25-50(92-7)77(109)97-66-68(103)42-19-24-54(49(88)27-42)120-56-29-43-28-55(73(56)124-84-74(71(106)70(105)57(34-99)121-84)123-60-33-86(6,91)76(108)37(4)118-60)119-45-22-17-41(18-23-45)72(122-59-32-85(5,90)75(107)36(3)117-59)67-82(114)96-65(83(115)116)48-30-53(101)47(26-38-11-13-39(14-12-38)40-15-20-44(87)21-16-40)69(104)62(48)61-46(9-8-10-52(61)100)64(80(112)98-67)95-79(111)63(43)94-78(110)51(31-58(89)102)93-81(66)113/h8-24,27-30,35-37,50-51,57,59-60,63-68,70-72,74-76,84,92,99-101,103-108H,25-26,31-34,90-91H2,1-7H3,(H2,89,102)(H,93,113)(H,94,110)(H,95,111)(H,96,114)(H,97,109)(H,98,112)(H,115,116). The van der Waals surface area contributed by atoms with Crippen molar-refractivity contribution in [3.05, 3.63) is 176 Å². The lowest BCUT2D eigenvalue weighted by Crippen LogP contribution is -2.64. The van der Waals surface area contributed by atoms with Crippen molar-refractivity contribution in [2.45, 2.75) is 207 Å². The summed E-state index contributed by atoms with van der Waals surface area (Å²) in [6.07, 6.45) is -23.1. The number of carbonyl (C=O) groups excluding carboxylic acids is 7. The zero-order chi connectivity index (χ0) is 89.6. The van der Waals surface area contributed by atoms with Crippen molar-refractivity contribution in [3.63, 3.8) is 0 Å². The number of aliphatic hydroxyl groups excluding tert-OH is 6. The Morgan fingerprint density at radius 1 is 0.637 bits per heavy atom. The van der Waals surface area contributed by atoms with E-state index in [1.807, 2.05) is 13.8 Å². The number of amides is 7. The molecule has 8 aliphatic heterocycles. The number of aliphatic hydroxyl groups is 6. The molecule has 7 aromatic rings. The number of ether oxygens (including phenoxy) is 8. The zero-order valence-electron chi connectivity index (χ0n) is 68.0. The molecule has 22 unspecified atom stereocenters. The third-order valence-corrected chi connectivity index (χ3v) is 23.4. The summed E-state index contributed by atoms with van der Waals surface area (Å²) >= 11 is 13.4. The summed E-state index contributed by atoms with van der Waals surface area (Å²) in [5, 5.41) is 137. The van der Waals surface area contributed by atoms with E-state index in [9.17, 15) is 65.4 Å². The number of hydrogen-bond donors (Lipinski definition) is 20. The summed E-state index contributed by atoms with van der Waals surface area (Å²) in [6, 6.07) is 14.2. The predicted molar refractivity (Wildman–Crippen MR) is 440 cm³/mol. The number of primary amides is 1. The van der Waals surface area contributed by atoms with Crippen molar-refractivity contribution in [1.82, 2.24) is 37.2 Å². The monoisotopic (exact) mass is 1760 g/mol. The third kappa shape index (κ3) is 19.3. The van der Waals surface area contributed by atoms with Crippen LogP contribution in [0.3, 0.4) is 0 Å². The normalized spacial score (nSPS) is 29.9. The molecule has 15 rings (SSSR count). The quantitative estimate of drug-likeness (QED) is 0.0583. The second-order valence-electron chi connectivity index (χ2n) is 32.7. The lowest BCUT2D eigenvalue weighted by Gasteiger charge is -2.47. The molecule has 0 spiro atoms. The molecule has 7 amide bonds. The van der Waals surface area contributed by atoms with Crippen molar-refractivity contribution in [2.75, 3.05) is 13.7 Å². The van der Waals surface area contributed by atoms with Crippen molar-refractivity contribution in [3.8, 4) is 68.2 Å². The van der Waals surface area contributed by atoms with Gasteiger partial charge in [0.25, 0.3) is 0 Å². The number of phenols is 3. The molecule has 23 N–H and O–H groups in total. The Hall–Kier alpha value is -10.9. The molecule has 3 saturated heterocycles. The lowest BCUT2D eigenvalue weighted by atomic mass is 9.85. The van der Waals surface area contributed by atoms with Crippen LogP contribution >= 0.6 is 23.2 Å². The average molecular weight is 1760 g/mol. The fraction of sp³-hybridized carbons (Fsp3) is 0.419. The van der Waals surface area contributed by atoms with E-state index in [2.05, 4.69) is 37.2 Å². The number of fused-ring (bicyclic) bond motifs is 14. The number of hydrogen-bond acceptors (Lipinski definition) is 28. The molecule has 9 bridgehead atoms. The molecule has 8 heterocycles. The molecule has 124 heavy (non-hydrogen) atoms. The molecule has 7 aromatic carbocycles. The number of aliphatic carboxylic acids is 1. The lowest BCUT2D eigenvalue weighted by molar-refractivity contribution is -0.333. The Kier molecular flexibility index (Phi) is 27.2. The van der Waals surface area contributed by atoms with Crippen LogP contribution < -0.4 is 68.6 Å². The highest BCUT2D eigenvalue weighted by Gasteiger charge is 2.53. The minimum atomic E-state index is -2.43. The molecule has 38 heteroatoms. The van der Waals surface area contributed by atoms with Gasteiger partial charge in [0, 0.05) is 57.6 Å². The van der Waals surface area contributed by atoms with E-state index in [4.69, 9.17) is 78.3 Å². The topological polar surface area (TPSA) is 575 Å². The van der Waals surface area contributed by atoms with Crippen LogP contribution in [0.25, 0.3) is 22.3 Å². The van der Waals surface area contributed by atoms with Gasteiger partial charge in [-0.25, -0.2) is 4.79 Å². The van der Waals surface area contributed by atoms with Gasteiger partial charge in [-0.3, -0.25) is 33.6 Å². The number of rotatable bonds is 18. The largest absolute Gasteiger partial charge is 0.508 e. The van der Waals surface area contributed by atoms with Crippen LogP contribution in [-0.2, 0) is 68.5 Å². The van der Waals surface area contributed by atoms with E-state index in [0.29, 0.717) is 10.6 Å². The fourth-order valence-corrected chi connectivity index (χ4v) is 16.6. The van der Waals surface area contributed by atoms with E-state index in [1.165, 1.54) is 83.3 Å². The van der Waals surface area contributed by atoms with Gasteiger partial charge in [0.15, 0.2) is 36.2 Å². The maximum absolute atomic E-state index is 16.8. The average Bonchev–Trinajstić information content (AvgIpc) is 1.21. The Balaban J connectivity index is 1.07. The van der Waals surface area contributed by atoms with E-state index in [0.717, 1.165) is 41.5 Å². The van der Waals surface area contributed by atoms with Crippen LogP contribution in [0.4, 0.5) is 0 Å². The summed E-state index contributed by atoms with van der Waals surface area (Å²) in [5.74, 6) is -16.1. The first-order valence-corrected chi connectivity index (χ1v) is 40.7. The Morgan fingerprint density at radius 3 is 1.84 bits per heavy atom. The molecule has 36 nitrogen and oxygen atoms in total. The van der Waals surface area contributed by atoms with Crippen LogP contribution in [0, 0.1) is 5.92 Å². The molecule has 0 radical (unpaired) electrons. The molecular weight excluding hydrogens is 1660 g/mol. The number of benzene rings is 7. The van der Waals surface area contributed by atoms with E-state index in [-0.39, 0.29) is 64.8 Å². The maximum atomic E-state index is 16.8. The van der Waals surface area contributed by atoms with Gasteiger partial charge in [-0.15, -0.1) is 0 Å². The molecule has 662 valence electrons. The summed E-state index contributed by atoms with van der Waals surface area (Å²) < 4.78 is 52.2. The Bertz CT molecular complexity index is 5210. The number of nitrogens with two attached hydrogens (primary N) is 3. The van der Waals surface area contributed by atoms with Gasteiger partial charge >= 0.3 is 5.97 Å². The van der Waals surface area contributed by atoms with Gasteiger partial charge in [-0.05, 0) is 147 Å². The number of carboxylic acids is 1. The maximum Gasteiger partial charge on any atom is 0.330 e. The smallest absolute Gasteiger partial charge is 0.330 e. The van der Waals surface area contributed by atoms with Crippen molar-refractivity contribution in [1.29, 1.82) is 0 Å². The number of carbonyl (C=O) groups is 8.